The summed E-state index contributed by atoms with van der Waals surface area (Å²) in [6.45, 7) is 6.67. The van der Waals surface area contributed by atoms with Crippen molar-refractivity contribution in [2.75, 3.05) is 13.1 Å². The van der Waals surface area contributed by atoms with Crippen molar-refractivity contribution in [1.82, 2.24) is 15.2 Å². The lowest BCUT2D eigenvalue weighted by Crippen LogP contribution is -2.53. The molecule has 1 aromatic rings. The molecule has 1 aromatic heterocycles. The van der Waals surface area contributed by atoms with Gasteiger partial charge in [-0.25, -0.2) is 9.78 Å². The molecule has 2 heterocycles. The van der Waals surface area contributed by atoms with Crippen molar-refractivity contribution in [3.63, 3.8) is 0 Å². The predicted molar refractivity (Wildman–Crippen MR) is 106 cm³/mol. The van der Waals surface area contributed by atoms with Gasteiger partial charge in [-0.3, -0.25) is 9.69 Å². The van der Waals surface area contributed by atoms with Crippen LogP contribution in [-0.4, -0.2) is 46.6 Å². The molecule has 6 nitrogen and oxygen atoms in total. The highest BCUT2D eigenvalue weighted by atomic mass is 32.1. The third kappa shape index (κ3) is 5.43. The maximum atomic E-state index is 12.7. The van der Waals surface area contributed by atoms with E-state index in [1.54, 1.807) is 16.2 Å². The van der Waals surface area contributed by atoms with Crippen LogP contribution in [0.5, 0.6) is 0 Å². The number of aryl methyl sites for hydroxylation is 2. The van der Waals surface area contributed by atoms with Gasteiger partial charge in [-0.2, -0.15) is 0 Å². The fourth-order valence-corrected chi connectivity index (χ4v) is 4.82. The van der Waals surface area contributed by atoms with Gasteiger partial charge >= 0.3 is 6.09 Å². The molecule has 1 aliphatic heterocycles. The Hall–Kier alpha value is -1.63. The van der Waals surface area contributed by atoms with Gasteiger partial charge in [-0.05, 0) is 65.7 Å². The monoisotopic (exact) mass is 393 g/mol. The quantitative estimate of drug-likeness (QED) is 0.850. The molecule has 2 aliphatic rings. The van der Waals surface area contributed by atoms with Gasteiger partial charge in [-0.15, -0.1) is 11.3 Å². The molecule has 0 spiro atoms. The number of ether oxygens (including phenoxy) is 1. The lowest BCUT2D eigenvalue weighted by Gasteiger charge is -2.35. The molecule has 1 fully saturated rings. The maximum Gasteiger partial charge on any atom is 0.410 e. The summed E-state index contributed by atoms with van der Waals surface area (Å²) in [6.07, 6.45) is 7.64. The Bertz CT molecular complexity index is 657. The smallest absolute Gasteiger partial charge is 0.410 e. The molecule has 1 saturated heterocycles. The van der Waals surface area contributed by atoms with Crippen molar-refractivity contribution in [3.8, 4) is 0 Å². The summed E-state index contributed by atoms with van der Waals surface area (Å²) in [6, 6.07) is -0.432. The van der Waals surface area contributed by atoms with Gasteiger partial charge in [0.05, 0.1) is 10.7 Å². The molecule has 2 amide bonds. The average molecular weight is 394 g/mol. The standard InChI is InChI=1S/C20H31N3O3S/c1-20(2,3)26-19(25)23-13-7-6-9-15(23)18(24)21-12-11-17-22-14-8-4-5-10-16(14)27-17/h15H,4-13H2,1-3H3,(H,21,24). The van der Waals surface area contributed by atoms with E-state index in [1.165, 1.54) is 23.4 Å². The van der Waals surface area contributed by atoms with Crippen LogP contribution in [0.15, 0.2) is 0 Å². The minimum Gasteiger partial charge on any atom is -0.444 e. The molecular weight excluding hydrogens is 362 g/mol. The van der Waals surface area contributed by atoms with E-state index in [0.29, 0.717) is 19.5 Å². The number of nitrogens with one attached hydrogen (secondary N) is 1. The van der Waals surface area contributed by atoms with Crippen LogP contribution in [0.2, 0.25) is 0 Å². The largest absolute Gasteiger partial charge is 0.444 e. The van der Waals surface area contributed by atoms with Gasteiger partial charge < -0.3 is 10.1 Å². The summed E-state index contributed by atoms with van der Waals surface area (Å²) >= 11 is 1.79. The van der Waals surface area contributed by atoms with Crippen LogP contribution < -0.4 is 5.32 Å². The summed E-state index contributed by atoms with van der Waals surface area (Å²) in [4.78, 5) is 32.9. The third-order valence-electron chi connectivity index (χ3n) is 4.96. The number of nitrogens with zero attached hydrogens (tertiary/aromatic N) is 2. The van der Waals surface area contributed by atoms with Crippen molar-refractivity contribution >= 4 is 23.3 Å². The zero-order valence-corrected chi connectivity index (χ0v) is 17.5. The van der Waals surface area contributed by atoms with Gasteiger partial charge in [0.15, 0.2) is 0 Å². The molecule has 1 unspecified atom stereocenters. The molecule has 3 rings (SSSR count). The van der Waals surface area contributed by atoms with Gasteiger partial charge in [0.2, 0.25) is 5.91 Å². The molecule has 0 aromatic carbocycles. The number of likely N-dealkylation sites (tertiary alicyclic amines) is 1. The highest BCUT2D eigenvalue weighted by Crippen LogP contribution is 2.27. The van der Waals surface area contributed by atoms with Crippen LogP contribution >= 0.6 is 11.3 Å². The first-order valence-electron chi connectivity index (χ1n) is 10.1. The first-order valence-corrected chi connectivity index (χ1v) is 10.9. The van der Waals surface area contributed by atoms with Crippen molar-refractivity contribution < 1.29 is 14.3 Å². The molecule has 7 heteroatoms. The number of rotatable bonds is 4. The average Bonchev–Trinajstić information content (AvgIpc) is 3.03. The second-order valence-corrected chi connectivity index (χ2v) is 9.58. The Labute approximate surface area is 165 Å². The van der Waals surface area contributed by atoms with Crippen LogP contribution in [0.25, 0.3) is 0 Å². The van der Waals surface area contributed by atoms with E-state index in [9.17, 15) is 9.59 Å². The van der Waals surface area contributed by atoms with Crippen LogP contribution in [0.3, 0.4) is 0 Å². The number of amides is 2. The molecule has 0 radical (unpaired) electrons. The minimum absolute atomic E-state index is 0.0816. The first-order chi connectivity index (χ1) is 12.8. The second-order valence-electron chi connectivity index (χ2n) is 8.41. The molecule has 1 aliphatic carbocycles. The summed E-state index contributed by atoms with van der Waals surface area (Å²) in [5.74, 6) is -0.0816. The Morgan fingerprint density at radius 1 is 1.22 bits per heavy atom. The van der Waals surface area contributed by atoms with E-state index < -0.39 is 17.7 Å². The normalized spacial score (nSPS) is 20.1. The minimum atomic E-state index is -0.556. The number of hydrogen-bond acceptors (Lipinski definition) is 5. The Balaban J connectivity index is 1.52. The number of carbonyl (C=O) groups is 2. The van der Waals surface area contributed by atoms with Gasteiger partial charge in [-0.1, -0.05) is 0 Å². The summed E-state index contributed by atoms with van der Waals surface area (Å²) in [7, 11) is 0. The van der Waals surface area contributed by atoms with Gasteiger partial charge in [0.25, 0.3) is 0 Å². The lowest BCUT2D eigenvalue weighted by molar-refractivity contribution is -0.127. The number of aromatic nitrogens is 1. The number of thiazole rings is 1. The van der Waals surface area contributed by atoms with Crippen molar-refractivity contribution in [1.29, 1.82) is 0 Å². The first kappa shape index (κ1) is 20.1. The van der Waals surface area contributed by atoms with Gasteiger partial charge in [0, 0.05) is 24.4 Å². The van der Waals surface area contributed by atoms with Crippen molar-refractivity contribution in [3.05, 3.63) is 15.6 Å². The highest BCUT2D eigenvalue weighted by molar-refractivity contribution is 7.11. The summed E-state index contributed by atoms with van der Waals surface area (Å²) in [5, 5.41) is 4.11. The number of carbonyl (C=O) groups excluding carboxylic acids is 2. The molecule has 1 N–H and O–H groups in total. The van der Waals surface area contributed by atoms with E-state index in [-0.39, 0.29) is 5.91 Å². The molecule has 0 bridgehead atoms. The zero-order valence-electron chi connectivity index (χ0n) is 16.7. The number of piperidine rings is 1. The fraction of sp³-hybridized carbons (Fsp3) is 0.750. The molecular formula is C20H31N3O3S. The van der Waals surface area contributed by atoms with E-state index in [0.717, 1.165) is 37.1 Å². The van der Waals surface area contributed by atoms with Gasteiger partial charge in [0.1, 0.15) is 11.6 Å². The number of hydrogen-bond donors (Lipinski definition) is 1. The Kier molecular flexibility index (Phi) is 6.40. The van der Waals surface area contributed by atoms with E-state index >= 15 is 0 Å². The highest BCUT2D eigenvalue weighted by Gasteiger charge is 2.34. The van der Waals surface area contributed by atoms with E-state index in [2.05, 4.69) is 5.32 Å². The molecule has 1 atom stereocenters. The Morgan fingerprint density at radius 3 is 2.74 bits per heavy atom. The van der Waals surface area contributed by atoms with Crippen LogP contribution in [-0.2, 0) is 28.8 Å². The Morgan fingerprint density at radius 2 is 2.00 bits per heavy atom. The van der Waals surface area contributed by atoms with E-state index in [4.69, 9.17) is 9.72 Å². The van der Waals surface area contributed by atoms with Crippen molar-refractivity contribution in [2.24, 2.45) is 0 Å². The zero-order chi connectivity index (χ0) is 19.4. The van der Waals surface area contributed by atoms with Crippen LogP contribution in [0.1, 0.15) is 68.5 Å². The fourth-order valence-electron chi connectivity index (χ4n) is 3.67. The van der Waals surface area contributed by atoms with Crippen molar-refractivity contribution in [2.45, 2.75) is 83.8 Å². The SMILES string of the molecule is CC(C)(C)OC(=O)N1CCCCC1C(=O)NCCc1nc2c(s1)CCCC2. The summed E-state index contributed by atoms with van der Waals surface area (Å²) < 4.78 is 5.48. The molecule has 27 heavy (non-hydrogen) atoms. The van der Waals surface area contributed by atoms with E-state index in [1.807, 2.05) is 20.8 Å². The van der Waals surface area contributed by atoms with Crippen LogP contribution in [0, 0.1) is 0 Å². The molecule has 0 saturated carbocycles. The number of fused-ring (bicyclic) bond motifs is 1. The van der Waals surface area contributed by atoms with Crippen LogP contribution in [0.4, 0.5) is 4.79 Å². The predicted octanol–water partition coefficient (Wildman–Crippen LogP) is 3.47. The lowest BCUT2D eigenvalue weighted by atomic mass is 10.0. The second kappa shape index (κ2) is 8.59. The topological polar surface area (TPSA) is 71.5 Å². The molecule has 150 valence electrons. The third-order valence-corrected chi connectivity index (χ3v) is 6.18. The maximum absolute atomic E-state index is 12.7. The summed E-state index contributed by atoms with van der Waals surface area (Å²) in [5.41, 5.74) is 0.704.